The number of aliphatic hydroxyl groups excluding tert-OH is 1. The summed E-state index contributed by atoms with van der Waals surface area (Å²) in [4.78, 5) is 24.7. The summed E-state index contributed by atoms with van der Waals surface area (Å²) in [6, 6.07) is 0. The monoisotopic (exact) mass is 1230 g/mol. The van der Waals surface area contributed by atoms with E-state index in [1.165, 1.54) is 289 Å². The van der Waals surface area contributed by atoms with Crippen molar-refractivity contribution >= 4 is 11.9 Å². The number of aliphatic hydroxyl groups is 1. The number of rotatable bonds is 72. The fourth-order valence-electron chi connectivity index (χ4n) is 11.6. The summed E-state index contributed by atoms with van der Waals surface area (Å²) in [6.07, 6.45) is 112. The largest absolute Gasteiger partial charge is 0.462 e. The molecule has 0 aliphatic carbocycles. The van der Waals surface area contributed by atoms with Crippen molar-refractivity contribution in [2.75, 3.05) is 13.2 Å². The zero-order chi connectivity index (χ0) is 63.3. The van der Waals surface area contributed by atoms with E-state index in [4.69, 9.17) is 9.47 Å². The van der Waals surface area contributed by atoms with Crippen molar-refractivity contribution in [3.05, 3.63) is 97.2 Å². The number of allylic oxidation sites excluding steroid dienone is 16. The van der Waals surface area contributed by atoms with Crippen LogP contribution in [-0.2, 0) is 19.1 Å². The highest BCUT2D eigenvalue weighted by Gasteiger charge is 2.16. The van der Waals surface area contributed by atoms with E-state index >= 15 is 0 Å². The molecule has 0 saturated carbocycles. The Labute approximate surface area is 548 Å². The van der Waals surface area contributed by atoms with E-state index in [0.29, 0.717) is 12.8 Å². The molecule has 5 heteroatoms. The number of hydrogen-bond donors (Lipinski definition) is 1. The highest BCUT2D eigenvalue weighted by molar-refractivity contribution is 5.70. The molecule has 0 rings (SSSR count). The lowest BCUT2D eigenvalue weighted by Gasteiger charge is -2.15. The molecule has 0 aromatic heterocycles. The van der Waals surface area contributed by atoms with Crippen molar-refractivity contribution in [2.45, 2.75) is 405 Å². The Balaban J connectivity index is 3.41. The van der Waals surface area contributed by atoms with E-state index in [9.17, 15) is 14.7 Å². The normalized spacial score (nSPS) is 12.7. The second-order valence-corrected chi connectivity index (χ2v) is 26.1. The lowest BCUT2D eigenvalue weighted by molar-refractivity contribution is -0.161. The number of esters is 2. The number of hydrogen-bond acceptors (Lipinski definition) is 5. The van der Waals surface area contributed by atoms with Crippen LogP contribution in [0.4, 0.5) is 0 Å². The Kier molecular flexibility index (Phi) is 75.2. The van der Waals surface area contributed by atoms with E-state index in [-0.39, 0.29) is 25.2 Å². The van der Waals surface area contributed by atoms with Gasteiger partial charge in [-0.3, -0.25) is 9.59 Å². The van der Waals surface area contributed by atoms with E-state index in [2.05, 4.69) is 111 Å². The standard InChI is InChI=1S/C83H148O5/c1-3-5-7-9-11-13-15-17-19-21-23-25-27-29-31-33-35-37-39-41-43-45-47-49-51-53-55-57-59-61-63-65-67-69-71-73-75-77-82(85)87-80-81(79-84)88-83(86)78-76-74-72-70-68-66-64-62-60-58-56-54-52-50-48-46-44-42-40-38-36-34-32-30-28-26-24-22-20-18-16-14-12-10-8-6-4-2/h6,8,12,14-15,17-18,20-21,23-24,26,30,32,36,38,81,84H,3-5,7,9-11,13,16,19,22,25,27-29,31,33-35,37,39-80H2,1-2H3/b8-6-,14-12-,17-15-,20-18-,23-21-,26-24-,32-30-,38-36-. The van der Waals surface area contributed by atoms with Gasteiger partial charge in [-0.05, 0) is 96.3 Å². The van der Waals surface area contributed by atoms with E-state index in [1.54, 1.807) is 0 Å². The fourth-order valence-corrected chi connectivity index (χ4v) is 11.6. The highest BCUT2D eigenvalue weighted by Crippen LogP contribution is 2.19. The first kappa shape index (κ1) is 84.8. The molecule has 1 atom stereocenters. The summed E-state index contributed by atoms with van der Waals surface area (Å²) in [5.74, 6) is -0.571. The molecule has 0 aromatic carbocycles. The Bertz CT molecular complexity index is 1630. The number of carbonyl (C=O) groups is 2. The predicted molar refractivity (Wildman–Crippen MR) is 389 cm³/mol. The van der Waals surface area contributed by atoms with E-state index in [1.807, 2.05) is 0 Å². The molecular weight excluding hydrogens is 1080 g/mol. The van der Waals surface area contributed by atoms with Gasteiger partial charge in [-0.2, -0.15) is 0 Å². The van der Waals surface area contributed by atoms with Gasteiger partial charge in [-0.1, -0.05) is 387 Å². The summed E-state index contributed by atoms with van der Waals surface area (Å²) < 4.78 is 10.8. The lowest BCUT2D eigenvalue weighted by Crippen LogP contribution is -2.28. The maximum atomic E-state index is 12.4. The average molecular weight is 1230 g/mol. The second kappa shape index (κ2) is 78.1. The van der Waals surface area contributed by atoms with Crippen LogP contribution in [0.2, 0.25) is 0 Å². The maximum Gasteiger partial charge on any atom is 0.306 e. The van der Waals surface area contributed by atoms with Gasteiger partial charge in [0.25, 0.3) is 0 Å². The summed E-state index contributed by atoms with van der Waals surface area (Å²) >= 11 is 0. The van der Waals surface area contributed by atoms with Crippen molar-refractivity contribution in [1.29, 1.82) is 0 Å². The zero-order valence-electron chi connectivity index (χ0n) is 58.7. The van der Waals surface area contributed by atoms with Crippen LogP contribution < -0.4 is 0 Å². The molecule has 0 aliphatic rings. The lowest BCUT2D eigenvalue weighted by atomic mass is 10.0. The van der Waals surface area contributed by atoms with Gasteiger partial charge < -0.3 is 14.6 Å². The SMILES string of the molecule is CC/C=C\C/C=C\C/C=C\C/C=C\C/C=C\C/C=C\CCCCCCCCCCCCCCCCCCCCC(=O)OC(CO)COC(=O)CCCCCCCCCCCCCCCCCCCCCCCCCCC/C=C\C/C=C\CCCCCCC. The van der Waals surface area contributed by atoms with Crippen LogP contribution in [0.1, 0.15) is 399 Å². The Hall–Kier alpha value is -3.18. The molecule has 510 valence electrons. The number of ether oxygens (including phenoxy) is 2. The predicted octanol–water partition coefficient (Wildman–Crippen LogP) is 27.3. The molecule has 0 saturated heterocycles. The van der Waals surface area contributed by atoms with Crippen LogP contribution >= 0.6 is 0 Å². The summed E-state index contributed by atoms with van der Waals surface area (Å²) in [5, 5.41) is 9.73. The van der Waals surface area contributed by atoms with Crippen LogP contribution in [-0.4, -0.2) is 36.4 Å². The van der Waals surface area contributed by atoms with Gasteiger partial charge in [0.1, 0.15) is 6.61 Å². The molecule has 5 nitrogen and oxygen atoms in total. The maximum absolute atomic E-state index is 12.4. The molecule has 1 unspecified atom stereocenters. The third-order valence-electron chi connectivity index (χ3n) is 17.4. The van der Waals surface area contributed by atoms with Gasteiger partial charge in [0.15, 0.2) is 6.10 Å². The fraction of sp³-hybridized carbons (Fsp3) is 0.783. The van der Waals surface area contributed by atoms with Gasteiger partial charge in [-0.25, -0.2) is 0 Å². The molecule has 88 heavy (non-hydrogen) atoms. The number of unbranched alkanes of at least 4 members (excludes halogenated alkanes) is 48. The molecule has 0 aromatic rings. The molecule has 0 aliphatic heterocycles. The Morgan fingerprint density at radius 1 is 0.273 bits per heavy atom. The second-order valence-electron chi connectivity index (χ2n) is 26.1. The minimum absolute atomic E-state index is 0.0628. The molecule has 0 amide bonds. The van der Waals surface area contributed by atoms with Gasteiger partial charge in [0.2, 0.25) is 0 Å². The van der Waals surface area contributed by atoms with Gasteiger partial charge >= 0.3 is 11.9 Å². The molecular formula is C83H148O5. The Morgan fingerprint density at radius 3 is 0.739 bits per heavy atom. The van der Waals surface area contributed by atoms with Crippen molar-refractivity contribution in [3.8, 4) is 0 Å². The molecule has 0 spiro atoms. The third-order valence-corrected chi connectivity index (χ3v) is 17.4. The number of carbonyl (C=O) groups excluding carboxylic acids is 2. The molecule has 0 heterocycles. The van der Waals surface area contributed by atoms with Crippen molar-refractivity contribution in [1.82, 2.24) is 0 Å². The average Bonchev–Trinajstić information content (AvgIpc) is 3.55. The zero-order valence-corrected chi connectivity index (χ0v) is 58.7. The van der Waals surface area contributed by atoms with Crippen molar-refractivity contribution in [3.63, 3.8) is 0 Å². The van der Waals surface area contributed by atoms with E-state index < -0.39 is 6.10 Å². The van der Waals surface area contributed by atoms with Crippen molar-refractivity contribution in [2.24, 2.45) is 0 Å². The summed E-state index contributed by atoms with van der Waals surface area (Å²) in [7, 11) is 0. The van der Waals surface area contributed by atoms with Gasteiger partial charge in [0.05, 0.1) is 6.61 Å². The summed E-state index contributed by atoms with van der Waals surface area (Å²) in [6.45, 7) is 4.06. The highest BCUT2D eigenvalue weighted by atomic mass is 16.6. The third kappa shape index (κ3) is 75.3. The molecule has 0 bridgehead atoms. The molecule has 1 N–H and O–H groups in total. The summed E-state index contributed by atoms with van der Waals surface area (Å²) in [5.41, 5.74) is 0. The van der Waals surface area contributed by atoms with Crippen LogP contribution in [0.5, 0.6) is 0 Å². The van der Waals surface area contributed by atoms with Crippen molar-refractivity contribution < 1.29 is 24.2 Å². The Morgan fingerprint density at radius 2 is 0.489 bits per heavy atom. The minimum Gasteiger partial charge on any atom is -0.462 e. The minimum atomic E-state index is -0.775. The van der Waals surface area contributed by atoms with Crippen LogP contribution in [0.25, 0.3) is 0 Å². The van der Waals surface area contributed by atoms with Gasteiger partial charge in [0, 0.05) is 12.8 Å². The van der Waals surface area contributed by atoms with Crippen LogP contribution in [0.15, 0.2) is 97.2 Å². The molecule has 0 radical (unpaired) electrons. The quantitative estimate of drug-likeness (QED) is 0.0373. The first-order chi connectivity index (χ1) is 43.6. The molecule has 0 fully saturated rings. The van der Waals surface area contributed by atoms with Crippen LogP contribution in [0, 0.1) is 0 Å². The first-order valence-electron chi connectivity index (χ1n) is 38.8. The first-order valence-corrected chi connectivity index (χ1v) is 38.8. The van der Waals surface area contributed by atoms with Crippen LogP contribution in [0.3, 0.4) is 0 Å². The van der Waals surface area contributed by atoms with E-state index in [0.717, 1.165) is 83.5 Å². The smallest absolute Gasteiger partial charge is 0.306 e. The topological polar surface area (TPSA) is 72.8 Å². The van der Waals surface area contributed by atoms with Gasteiger partial charge in [-0.15, -0.1) is 0 Å².